The van der Waals surface area contributed by atoms with Gasteiger partial charge in [-0.05, 0) is 88.4 Å². The zero-order valence-electron chi connectivity index (χ0n) is 15.9. The average molecular weight is 388 g/mol. The SMILES string of the molecule is CCOc1ccc(NC(=S)N2[C@@H]3CCC[C@H]2CC(NC(=O)C2CC2)C3)cc1. The Morgan fingerprint density at radius 3 is 2.41 bits per heavy atom. The molecule has 5 nitrogen and oxygen atoms in total. The van der Waals surface area contributed by atoms with E-state index in [-0.39, 0.29) is 11.8 Å². The lowest BCUT2D eigenvalue weighted by atomic mass is 9.82. The Morgan fingerprint density at radius 2 is 1.81 bits per heavy atom. The molecule has 2 aliphatic heterocycles. The molecule has 1 aromatic rings. The normalized spacial score (nSPS) is 27.0. The molecule has 0 spiro atoms. The van der Waals surface area contributed by atoms with Crippen molar-refractivity contribution >= 4 is 28.9 Å². The van der Waals surface area contributed by atoms with E-state index in [9.17, 15) is 4.79 Å². The van der Waals surface area contributed by atoms with Gasteiger partial charge in [0.2, 0.25) is 5.91 Å². The highest BCUT2D eigenvalue weighted by atomic mass is 32.1. The summed E-state index contributed by atoms with van der Waals surface area (Å²) in [5, 5.41) is 7.51. The fraction of sp³-hybridized carbons (Fsp3) is 0.619. The lowest BCUT2D eigenvalue weighted by molar-refractivity contribution is -0.123. The van der Waals surface area contributed by atoms with Crippen LogP contribution in [-0.2, 0) is 4.79 Å². The summed E-state index contributed by atoms with van der Waals surface area (Å²) >= 11 is 5.77. The first-order valence-electron chi connectivity index (χ1n) is 10.3. The maximum Gasteiger partial charge on any atom is 0.223 e. The molecule has 1 saturated carbocycles. The summed E-state index contributed by atoms with van der Waals surface area (Å²) in [7, 11) is 0. The highest BCUT2D eigenvalue weighted by Gasteiger charge is 2.41. The van der Waals surface area contributed by atoms with E-state index in [0.717, 1.165) is 55.1 Å². The van der Waals surface area contributed by atoms with Crippen LogP contribution in [0.25, 0.3) is 0 Å². The molecule has 27 heavy (non-hydrogen) atoms. The minimum Gasteiger partial charge on any atom is -0.494 e. The van der Waals surface area contributed by atoms with Crippen LogP contribution in [0.2, 0.25) is 0 Å². The van der Waals surface area contributed by atoms with Crippen molar-refractivity contribution in [3.63, 3.8) is 0 Å². The molecule has 2 bridgehead atoms. The number of benzene rings is 1. The van der Waals surface area contributed by atoms with Crippen LogP contribution in [0, 0.1) is 5.92 Å². The van der Waals surface area contributed by atoms with Crippen molar-refractivity contribution in [3.05, 3.63) is 24.3 Å². The summed E-state index contributed by atoms with van der Waals surface area (Å²) < 4.78 is 5.50. The van der Waals surface area contributed by atoms with Gasteiger partial charge in [-0.1, -0.05) is 0 Å². The molecule has 1 aliphatic carbocycles. The van der Waals surface area contributed by atoms with E-state index < -0.39 is 0 Å². The lowest BCUT2D eigenvalue weighted by Crippen LogP contribution is -2.59. The third-order valence-corrected chi connectivity index (χ3v) is 6.23. The summed E-state index contributed by atoms with van der Waals surface area (Å²) in [5.74, 6) is 1.42. The molecule has 1 amide bonds. The van der Waals surface area contributed by atoms with Gasteiger partial charge in [-0.25, -0.2) is 0 Å². The number of rotatable bonds is 5. The van der Waals surface area contributed by atoms with E-state index in [0.29, 0.717) is 24.7 Å². The predicted molar refractivity (Wildman–Crippen MR) is 111 cm³/mol. The van der Waals surface area contributed by atoms with Gasteiger partial charge in [0.25, 0.3) is 0 Å². The molecule has 0 radical (unpaired) electrons. The third kappa shape index (κ3) is 4.37. The van der Waals surface area contributed by atoms with Crippen molar-refractivity contribution in [3.8, 4) is 5.75 Å². The Hall–Kier alpha value is -1.82. The van der Waals surface area contributed by atoms with Gasteiger partial charge in [0.05, 0.1) is 6.61 Å². The number of amides is 1. The second kappa shape index (κ2) is 8.05. The zero-order valence-corrected chi connectivity index (χ0v) is 16.8. The number of ether oxygens (including phenoxy) is 1. The number of piperidine rings is 2. The van der Waals surface area contributed by atoms with Crippen LogP contribution in [0.4, 0.5) is 5.69 Å². The molecule has 1 aromatic carbocycles. The first kappa shape index (κ1) is 18.5. The Morgan fingerprint density at radius 1 is 1.15 bits per heavy atom. The number of carbonyl (C=O) groups excluding carboxylic acids is 1. The topological polar surface area (TPSA) is 53.6 Å². The lowest BCUT2D eigenvalue weighted by Gasteiger charge is -2.50. The van der Waals surface area contributed by atoms with E-state index in [1.165, 1.54) is 6.42 Å². The van der Waals surface area contributed by atoms with Crippen molar-refractivity contribution in [1.82, 2.24) is 10.2 Å². The summed E-state index contributed by atoms with van der Waals surface area (Å²) in [4.78, 5) is 14.5. The van der Waals surface area contributed by atoms with E-state index in [2.05, 4.69) is 15.5 Å². The number of fused-ring (bicyclic) bond motifs is 2. The van der Waals surface area contributed by atoms with Crippen molar-refractivity contribution in [2.24, 2.45) is 5.92 Å². The number of nitrogens with one attached hydrogen (secondary N) is 2. The number of carbonyl (C=O) groups is 1. The van der Waals surface area contributed by atoms with E-state index >= 15 is 0 Å². The fourth-order valence-corrected chi connectivity index (χ4v) is 4.90. The van der Waals surface area contributed by atoms with Gasteiger partial charge in [-0.2, -0.15) is 0 Å². The van der Waals surface area contributed by atoms with Crippen LogP contribution >= 0.6 is 12.2 Å². The maximum absolute atomic E-state index is 12.2. The highest BCUT2D eigenvalue weighted by Crippen LogP contribution is 2.36. The smallest absolute Gasteiger partial charge is 0.223 e. The van der Waals surface area contributed by atoms with Crippen molar-refractivity contribution < 1.29 is 9.53 Å². The number of anilines is 1. The Balaban J connectivity index is 1.37. The van der Waals surface area contributed by atoms with Gasteiger partial charge in [0.1, 0.15) is 5.75 Å². The highest BCUT2D eigenvalue weighted by molar-refractivity contribution is 7.80. The maximum atomic E-state index is 12.2. The molecule has 146 valence electrons. The van der Waals surface area contributed by atoms with Crippen molar-refractivity contribution in [2.75, 3.05) is 11.9 Å². The fourth-order valence-electron chi connectivity index (χ4n) is 4.48. The summed E-state index contributed by atoms with van der Waals surface area (Å²) in [6, 6.07) is 9.10. The Bertz CT molecular complexity index is 675. The minimum atomic E-state index is 0.265. The third-order valence-electron chi connectivity index (χ3n) is 5.92. The number of hydrogen-bond acceptors (Lipinski definition) is 3. The molecule has 1 unspecified atom stereocenters. The van der Waals surface area contributed by atoms with Crippen molar-refractivity contribution in [2.45, 2.75) is 70.0 Å². The van der Waals surface area contributed by atoms with Gasteiger partial charge >= 0.3 is 0 Å². The summed E-state index contributed by atoms with van der Waals surface area (Å²) in [6.07, 6.45) is 7.68. The summed E-state index contributed by atoms with van der Waals surface area (Å²) in [6.45, 7) is 2.65. The molecule has 3 aliphatic rings. The standard InChI is InChI=1S/C21H29N3O2S/c1-2-26-19-10-8-15(9-11-19)23-21(27)24-17-4-3-5-18(24)13-16(12-17)22-20(25)14-6-7-14/h8-11,14,16-18H,2-7,12-13H2,1H3,(H,22,25)(H,23,27)/t16?,17-,18+. The van der Waals surface area contributed by atoms with Gasteiger partial charge in [-0.3, -0.25) is 4.79 Å². The van der Waals surface area contributed by atoms with E-state index in [1.807, 2.05) is 31.2 Å². The first-order valence-corrected chi connectivity index (χ1v) is 10.7. The molecular formula is C21H29N3O2S. The van der Waals surface area contributed by atoms with Crippen LogP contribution in [0.15, 0.2) is 24.3 Å². The van der Waals surface area contributed by atoms with Crippen LogP contribution in [-0.4, -0.2) is 40.7 Å². The molecule has 2 heterocycles. The van der Waals surface area contributed by atoms with Crippen LogP contribution < -0.4 is 15.4 Å². The van der Waals surface area contributed by atoms with Gasteiger partial charge < -0.3 is 20.3 Å². The quantitative estimate of drug-likeness (QED) is 0.755. The minimum absolute atomic E-state index is 0.265. The average Bonchev–Trinajstić information content (AvgIpc) is 3.48. The molecule has 6 heteroatoms. The van der Waals surface area contributed by atoms with Crippen LogP contribution in [0.3, 0.4) is 0 Å². The molecule has 3 atom stereocenters. The molecule has 2 saturated heterocycles. The Labute approximate surface area is 166 Å². The number of thiocarbonyl (C=S) groups is 1. The summed E-state index contributed by atoms with van der Waals surface area (Å²) in [5.41, 5.74) is 0.991. The second-order valence-corrected chi connectivity index (χ2v) is 8.37. The van der Waals surface area contributed by atoms with Crippen molar-refractivity contribution in [1.29, 1.82) is 0 Å². The zero-order chi connectivity index (χ0) is 18.8. The van der Waals surface area contributed by atoms with Crippen LogP contribution in [0.5, 0.6) is 5.75 Å². The van der Waals surface area contributed by atoms with E-state index in [1.54, 1.807) is 0 Å². The predicted octanol–water partition coefficient (Wildman–Crippen LogP) is 3.69. The monoisotopic (exact) mass is 387 g/mol. The number of hydrogen-bond donors (Lipinski definition) is 2. The van der Waals surface area contributed by atoms with Crippen LogP contribution in [0.1, 0.15) is 51.9 Å². The second-order valence-electron chi connectivity index (χ2n) is 7.98. The molecule has 4 rings (SSSR count). The Kier molecular flexibility index (Phi) is 5.53. The van der Waals surface area contributed by atoms with E-state index in [4.69, 9.17) is 17.0 Å². The van der Waals surface area contributed by atoms with Gasteiger partial charge in [0, 0.05) is 29.7 Å². The first-order chi connectivity index (χ1) is 13.1. The largest absolute Gasteiger partial charge is 0.494 e. The molecule has 0 aromatic heterocycles. The van der Waals surface area contributed by atoms with Gasteiger partial charge in [-0.15, -0.1) is 0 Å². The molecule has 2 N–H and O–H groups in total. The molecular weight excluding hydrogens is 358 g/mol. The van der Waals surface area contributed by atoms with Gasteiger partial charge in [0.15, 0.2) is 5.11 Å². The number of nitrogens with zero attached hydrogens (tertiary/aromatic N) is 1. The molecule has 3 fully saturated rings.